The predicted molar refractivity (Wildman–Crippen MR) is 206 cm³/mol. The van der Waals surface area contributed by atoms with E-state index in [1.54, 1.807) is 7.05 Å². The van der Waals surface area contributed by atoms with Crippen molar-refractivity contribution in [3.8, 4) is 0 Å². The third-order valence-electron chi connectivity index (χ3n) is 6.83. The molecule has 18 nitrogen and oxygen atoms in total. The van der Waals surface area contributed by atoms with Crippen LogP contribution in [-0.4, -0.2) is 221 Å². The average molecular weight is 765 g/mol. The van der Waals surface area contributed by atoms with Gasteiger partial charge in [-0.25, -0.2) is 0 Å². The molecular weight excluding hydrogens is 692 g/mol. The molecule has 0 aromatic heterocycles. The van der Waals surface area contributed by atoms with Crippen molar-refractivity contribution < 1.29 is 48.4 Å². The van der Waals surface area contributed by atoms with Crippen LogP contribution in [0.1, 0.15) is 25.7 Å². The zero-order valence-corrected chi connectivity index (χ0v) is 33.2. The van der Waals surface area contributed by atoms with Crippen LogP contribution in [0.15, 0.2) is 12.3 Å². The number of carboxylic acids is 1. The summed E-state index contributed by atoms with van der Waals surface area (Å²) in [5.74, 6) is -0.850. The SMILES string of the molecule is C=C(O)CN1CCN(C)CN(CC=O)CCN(CC(=O)O)CC1.CNC.CNCC=O.CNCCCOCCOCCOCCCNC(=O)CCC=O. The van der Waals surface area contributed by atoms with Crippen molar-refractivity contribution in [2.24, 2.45) is 0 Å². The van der Waals surface area contributed by atoms with Crippen LogP contribution in [0.5, 0.6) is 0 Å². The number of hydrogen-bond acceptors (Lipinski definition) is 16. The molecule has 6 N–H and O–H groups in total. The maximum atomic E-state index is 11.2. The number of aldehydes is 3. The van der Waals surface area contributed by atoms with Crippen LogP contribution in [-0.2, 0) is 38.2 Å². The van der Waals surface area contributed by atoms with Gasteiger partial charge < -0.3 is 60.1 Å². The summed E-state index contributed by atoms with van der Waals surface area (Å²) in [6, 6.07) is 0. The molecule has 1 aliphatic rings. The highest BCUT2D eigenvalue weighted by Gasteiger charge is 2.17. The Morgan fingerprint density at radius 2 is 1.21 bits per heavy atom. The number of carbonyl (C=O) groups excluding carboxylic acids is 4. The lowest BCUT2D eigenvalue weighted by Crippen LogP contribution is -2.43. The van der Waals surface area contributed by atoms with Gasteiger partial charge >= 0.3 is 5.97 Å². The Labute approximate surface area is 317 Å². The molecule has 53 heavy (non-hydrogen) atoms. The van der Waals surface area contributed by atoms with E-state index in [4.69, 9.17) is 19.3 Å². The molecule has 1 amide bonds. The number of rotatable bonds is 25. The topological polar surface area (TPSA) is 215 Å². The number of amides is 1. The number of carboxylic acid groups (broad SMARTS) is 1. The van der Waals surface area contributed by atoms with Crippen LogP contribution in [0.2, 0.25) is 0 Å². The summed E-state index contributed by atoms with van der Waals surface area (Å²) in [5.41, 5.74) is 0. The second-order valence-corrected chi connectivity index (χ2v) is 11.9. The minimum absolute atomic E-state index is 0.0291. The molecule has 0 atom stereocenters. The summed E-state index contributed by atoms with van der Waals surface area (Å²) in [6.07, 6.45) is 4.73. The van der Waals surface area contributed by atoms with Gasteiger partial charge in [-0.05, 0) is 54.6 Å². The molecule has 0 unspecified atom stereocenters. The van der Waals surface area contributed by atoms with Gasteiger partial charge in [-0.2, -0.15) is 0 Å². The number of ether oxygens (including phenoxy) is 3. The van der Waals surface area contributed by atoms with Crippen LogP contribution in [0, 0.1) is 0 Å². The molecule has 0 spiro atoms. The zero-order chi connectivity index (χ0) is 40.4. The third kappa shape index (κ3) is 45.2. The van der Waals surface area contributed by atoms with Gasteiger partial charge in [0.2, 0.25) is 5.91 Å². The molecule has 1 saturated heterocycles. The molecule has 1 heterocycles. The van der Waals surface area contributed by atoms with Crippen molar-refractivity contribution in [2.75, 3.05) is 160 Å². The van der Waals surface area contributed by atoms with Crippen molar-refractivity contribution >= 4 is 30.7 Å². The molecule has 1 fully saturated rings. The fourth-order valence-corrected chi connectivity index (χ4v) is 4.26. The number of aliphatic carboxylic acids is 1. The Balaban J connectivity index is -0.000000784. The van der Waals surface area contributed by atoms with Gasteiger partial charge in [0.1, 0.15) is 18.9 Å². The van der Waals surface area contributed by atoms with Gasteiger partial charge in [-0.3, -0.25) is 29.2 Å². The first-order chi connectivity index (χ1) is 25.5. The second-order valence-electron chi connectivity index (χ2n) is 11.9. The molecule has 0 radical (unpaired) electrons. The third-order valence-corrected chi connectivity index (χ3v) is 6.83. The number of nitrogens with zero attached hydrogens (tertiary/aromatic N) is 4. The molecule has 0 saturated carbocycles. The smallest absolute Gasteiger partial charge is 0.317 e. The largest absolute Gasteiger partial charge is 0.512 e. The number of carbonyl (C=O) groups is 5. The standard InChI is InChI=1S/C15H28N4O4.C15H30N2O5.C3H7NO.C2H7N/c1-14(21)11-17-4-3-16(2)13-19(9-10-20)8-7-18(6-5-17)12-15(22)23;1-16-6-3-9-20-11-13-22-14-12-21-10-4-7-17-15(19)5-2-8-18;1-4-2-3-5;1-3-2/h10,21H,1,3-9,11-13H2,2H3,(H,22,23);8,16H,2-7,9-14H2,1H3,(H,17,19);3-4H,2H2,1H3;3H,1-2H3. The minimum Gasteiger partial charge on any atom is -0.512 e. The summed E-state index contributed by atoms with van der Waals surface area (Å²) in [4.78, 5) is 60.5. The van der Waals surface area contributed by atoms with E-state index in [0.29, 0.717) is 92.1 Å². The maximum absolute atomic E-state index is 11.2. The van der Waals surface area contributed by atoms with Gasteiger partial charge in [0.15, 0.2) is 0 Å². The van der Waals surface area contributed by atoms with Gasteiger partial charge in [0.05, 0.1) is 65.0 Å². The Bertz CT molecular complexity index is 892. The zero-order valence-electron chi connectivity index (χ0n) is 33.2. The van der Waals surface area contributed by atoms with Gasteiger partial charge in [-0.15, -0.1) is 0 Å². The Hall–Kier alpha value is -2.91. The van der Waals surface area contributed by atoms with Crippen LogP contribution in [0.3, 0.4) is 0 Å². The number of hydrogen-bond donors (Lipinski definition) is 6. The lowest BCUT2D eigenvalue weighted by Gasteiger charge is -2.27. The highest BCUT2D eigenvalue weighted by molar-refractivity contribution is 5.77. The van der Waals surface area contributed by atoms with Crippen molar-refractivity contribution in [3.63, 3.8) is 0 Å². The monoisotopic (exact) mass is 765 g/mol. The molecule has 1 rings (SSSR count). The number of likely N-dealkylation sites (N-methyl/N-ethyl adjacent to an activating group) is 2. The van der Waals surface area contributed by atoms with Crippen molar-refractivity contribution in [3.05, 3.63) is 12.3 Å². The minimum atomic E-state index is -0.864. The van der Waals surface area contributed by atoms with E-state index in [2.05, 4.69) is 37.6 Å². The van der Waals surface area contributed by atoms with E-state index in [0.717, 1.165) is 57.9 Å². The number of nitrogens with one attached hydrogen (secondary N) is 4. The van der Waals surface area contributed by atoms with Crippen molar-refractivity contribution in [1.82, 2.24) is 40.9 Å². The van der Waals surface area contributed by atoms with Crippen molar-refractivity contribution in [2.45, 2.75) is 25.7 Å². The number of aliphatic hydroxyl groups excluding tert-OH is 1. The molecule has 0 aliphatic carbocycles. The summed E-state index contributed by atoms with van der Waals surface area (Å²) in [5, 5.41) is 29.7. The first-order valence-electron chi connectivity index (χ1n) is 18.2. The summed E-state index contributed by atoms with van der Waals surface area (Å²) >= 11 is 0. The Morgan fingerprint density at radius 1 is 0.698 bits per heavy atom. The lowest BCUT2D eigenvalue weighted by molar-refractivity contribution is -0.138. The van der Waals surface area contributed by atoms with Crippen molar-refractivity contribution in [1.29, 1.82) is 0 Å². The molecule has 0 aromatic carbocycles. The predicted octanol–water partition coefficient (Wildman–Crippen LogP) is -1.48. The van der Waals surface area contributed by atoms with E-state index in [9.17, 15) is 29.1 Å². The molecule has 18 heteroatoms. The van der Waals surface area contributed by atoms with Crippen LogP contribution in [0.4, 0.5) is 0 Å². The second kappa shape index (κ2) is 43.5. The van der Waals surface area contributed by atoms with Crippen LogP contribution >= 0.6 is 0 Å². The van der Waals surface area contributed by atoms with Gasteiger partial charge in [0.25, 0.3) is 0 Å². The highest BCUT2D eigenvalue weighted by atomic mass is 16.5. The van der Waals surface area contributed by atoms with E-state index in [1.165, 1.54) is 0 Å². The van der Waals surface area contributed by atoms with Crippen LogP contribution < -0.4 is 21.3 Å². The quantitative estimate of drug-likeness (QED) is 0.0355. The van der Waals surface area contributed by atoms with Gasteiger partial charge in [0, 0.05) is 71.9 Å². The normalized spacial score (nSPS) is 14.4. The molecule has 1 aliphatic heterocycles. The Kier molecular flexibility index (Phi) is 44.7. The van der Waals surface area contributed by atoms with Crippen LogP contribution in [0.25, 0.3) is 0 Å². The first kappa shape index (κ1) is 54.4. The lowest BCUT2D eigenvalue weighted by atomic mass is 10.3. The summed E-state index contributed by atoms with van der Waals surface area (Å²) in [6.45, 7) is 14.5. The number of aliphatic hydroxyl groups is 1. The fourth-order valence-electron chi connectivity index (χ4n) is 4.26. The maximum Gasteiger partial charge on any atom is 0.317 e. The van der Waals surface area contributed by atoms with E-state index < -0.39 is 5.97 Å². The molecule has 0 bridgehead atoms. The summed E-state index contributed by atoms with van der Waals surface area (Å²) in [7, 11) is 9.38. The summed E-state index contributed by atoms with van der Waals surface area (Å²) < 4.78 is 16.1. The van der Waals surface area contributed by atoms with Gasteiger partial charge in [-0.1, -0.05) is 6.58 Å². The molecular formula is C35H72N8O10. The first-order valence-corrected chi connectivity index (χ1v) is 18.2. The highest BCUT2D eigenvalue weighted by Crippen LogP contribution is 2.02. The molecule has 312 valence electrons. The Morgan fingerprint density at radius 3 is 1.66 bits per heavy atom. The van der Waals surface area contributed by atoms with E-state index in [-0.39, 0.29) is 31.1 Å². The average Bonchev–Trinajstić information content (AvgIpc) is 3.14. The van der Waals surface area contributed by atoms with E-state index in [1.807, 2.05) is 38.0 Å². The molecule has 0 aromatic rings. The fraction of sp³-hybridized carbons (Fsp3) is 0.800. The van der Waals surface area contributed by atoms with E-state index >= 15 is 0 Å².